The molecule has 4 aromatic rings. The Morgan fingerprint density at radius 2 is 2.06 bits per heavy atom. The van der Waals surface area contributed by atoms with Crippen molar-refractivity contribution in [2.75, 3.05) is 30.8 Å². The smallest absolute Gasteiger partial charge is 0.223 e. The van der Waals surface area contributed by atoms with Crippen molar-refractivity contribution in [3.8, 4) is 5.75 Å². The van der Waals surface area contributed by atoms with E-state index in [0.717, 1.165) is 50.9 Å². The molecule has 2 aliphatic rings. The molecule has 1 saturated carbocycles. The lowest BCUT2D eigenvalue weighted by atomic mass is 9.97. The van der Waals surface area contributed by atoms with Gasteiger partial charge in [-0.25, -0.2) is 14.4 Å². The first-order valence-electron chi connectivity index (χ1n) is 11.7. The van der Waals surface area contributed by atoms with E-state index in [2.05, 4.69) is 20.1 Å². The van der Waals surface area contributed by atoms with E-state index in [1.54, 1.807) is 0 Å². The van der Waals surface area contributed by atoms with Crippen molar-refractivity contribution in [1.82, 2.24) is 29.4 Å². The van der Waals surface area contributed by atoms with Gasteiger partial charge in [0.05, 0.1) is 36.7 Å². The topological polar surface area (TPSA) is 120 Å². The number of piperidine rings is 1. The first-order chi connectivity index (χ1) is 16.5. The Balaban J connectivity index is 1.30. The molecule has 0 spiro atoms. The van der Waals surface area contributed by atoms with E-state index in [-0.39, 0.29) is 29.8 Å². The highest BCUT2D eigenvalue weighted by atomic mass is 19.1. The van der Waals surface area contributed by atoms with Crippen LogP contribution in [0.2, 0.25) is 0 Å². The van der Waals surface area contributed by atoms with Crippen LogP contribution < -0.4 is 15.4 Å². The second-order valence-electron chi connectivity index (χ2n) is 9.21. The van der Waals surface area contributed by atoms with E-state index in [4.69, 9.17) is 15.5 Å². The van der Waals surface area contributed by atoms with Crippen molar-refractivity contribution in [2.24, 2.45) is 0 Å². The minimum atomic E-state index is -0.485. The van der Waals surface area contributed by atoms with E-state index in [9.17, 15) is 9.50 Å². The Labute approximate surface area is 195 Å². The molecule has 2 fully saturated rings. The highest BCUT2D eigenvalue weighted by molar-refractivity contribution is 5.93. The highest BCUT2D eigenvalue weighted by Gasteiger charge is 2.30. The van der Waals surface area contributed by atoms with Crippen molar-refractivity contribution in [1.29, 1.82) is 0 Å². The maximum absolute atomic E-state index is 14.4. The van der Waals surface area contributed by atoms with Crippen LogP contribution in [0.5, 0.6) is 5.75 Å². The largest absolute Gasteiger partial charge is 0.494 e. The Morgan fingerprint density at radius 1 is 1.18 bits per heavy atom. The summed E-state index contributed by atoms with van der Waals surface area (Å²) in [6, 6.07) is 2.95. The standard InChI is InChI=1S/C23H27FN8O2/c1-34-20-9-17-15(8-16(20)24)22-28-21(29-32(22)23(25)27-17)13-4-3-7-30(11-13)14-10-26-31(12-14)18-5-2-6-19(18)33/h8-10,12-13,18-19,33H,2-7,11H2,1H3,(H2,25,27)/t13-,18-,19-/m1/s1. The number of methoxy groups -OCH3 is 1. The molecule has 1 aliphatic heterocycles. The molecule has 0 amide bonds. The Bertz CT molecular complexity index is 1370. The lowest BCUT2D eigenvalue weighted by Crippen LogP contribution is -2.34. The first kappa shape index (κ1) is 21.1. The summed E-state index contributed by atoms with van der Waals surface area (Å²) in [6.07, 6.45) is 8.30. The van der Waals surface area contributed by atoms with Crippen LogP contribution in [0.4, 0.5) is 16.0 Å². The molecule has 3 aromatic heterocycles. The molecule has 3 atom stereocenters. The van der Waals surface area contributed by atoms with Gasteiger partial charge in [0, 0.05) is 36.7 Å². The second kappa shape index (κ2) is 8.08. The monoisotopic (exact) mass is 466 g/mol. The Hall–Kier alpha value is -3.47. The number of aliphatic hydroxyl groups excluding tert-OH is 1. The molecule has 0 radical (unpaired) electrons. The number of anilines is 2. The van der Waals surface area contributed by atoms with Crippen LogP contribution >= 0.6 is 0 Å². The molecule has 1 aromatic carbocycles. The van der Waals surface area contributed by atoms with Crippen LogP contribution in [-0.2, 0) is 0 Å². The molecule has 0 bridgehead atoms. The average molecular weight is 467 g/mol. The van der Waals surface area contributed by atoms with E-state index >= 15 is 0 Å². The number of halogens is 1. The molecule has 3 N–H and O–H groups in total. The zero-order valence-corrected chi connectivity index (χ0v) is 18.9. The third-order valence-electron chi connectivity index (χ3n) is 7.11. The molecule has 34 heavy (non-hydrogen) atoms. The van der Waals surface area contributed by atoms with Gasteiger partial charge in [-0.15, -0.1) is 5.10 Å². The summed E-state index contributed by atoms with van der Waals surface area (Å²) in [5.41, 5.74) is 8.19. The van der Waals surface area contributed by atoms with Gasteiger partial charge < -0.3 is 20.5 Å². The zero-order chi connectivity index (χ0) is 23.4. The summed E-state index contributed by atoms with van der Waals surface area (Å²) in [4.78, 5) is 11.4. The second-order valence-corrected chi connectivity index (χ2v) is 9.21. The van der Waals surface area contributed by atoms with Gasteiger partial charge in [0.25, 0.3) is 0 Å². The Kier molecular flexibility index (Phi) is 5.01. The normalized spacial score (nSPS) is 23.3. The summed E-state index contributed by atoms with van der Waals surface area (Å²) < 4.78 is 22.9. The number of aliphatic hydroxyl groups is 1. The van der Waals surface area contributed by atoms with Crippen molar-refractivity contribution < 1.29 is 14.2 Å². The number of nitrogens with zero attached hydrogens (tertiary/aromatic N) is 7. The van der Waals surface area contributed by atoms with Crippen LogP contribution in [-0.4, -0.2) is 60.8 Å². The third kappa shape index (κ3) is 3.42. The van der Waals surface area contributed by atoms with E-state index in [0.29, 0.717) is 22.4 Å². The van der Waals surface area contributed by atoms with Crippen LogP contribution in [0.1, 0.15) is 49.9 Å². The fraction of sp³-hybridized carbons (Fsp3) is 0.478. The van der Waals surface area contributed by atoms with Crippen molar-refractivity contribution in [3.05, 3.63) is 36.2 Å². The van der Waals surface area contributed by atoms with Gasteiger partial charge in [-0.2, -0.15) is 9.61 Å². The number of ether oxygens (including phenoxy) is 1. The molecule has 178 valence electrons. The van der Waals surface area contributed by atoms with E-state index in [1.807, 2.05) is 17.1 Å². The van der Waals surface area contributed by atoms with Crippen LogP contribution in [0, 0.1) is 5.82 Å². The molecule has 10 nitrogen and oxygen atoms in total. The molecule has 1 saturated heterocycles. The number of fused-ring (bicyclic) bond motifs is 3. The van der Waals surface area contributed by atoms with E-state index < -0.39 is 5.82 Å². The molecular weight excluding hydrogens is 439 g/mol. The summed E-state index contributed by atoms with van der Waals surface area (Å²) in [5, 5.41) is 19.9. The average Bonchev–Trinajstić information content (AvgIpc) is 3.59. The van der Waals surface area contributed by atoms with Crippen molar-refractivity contribution in [3.63, 3.8) is 0 Å². The van der Waals surface area contributed by atoms with Gasteiger partial charge in [0.2, 0.25) is 5.95 Å². The number of benzene rings is 1. The summed E-state index contributed by atoms with van der Waals surface area (Å²) >= 11 is 0. The van der Waals surface area contributed by atoms with Crippen LogP contribution in [0.3, 0.4) is 0 Å². The number of nitrogens with two attached hydrogens (primary N) is 1. The summed E-state index contributed by atoms with van der Waals surface area (Å²) in [6.45, 7) is 1.66. The molecule has 4 heterocycles. The maximum atomic E-state index is 14.4. The van der Waals surface area contributed by atoms with Gasteiger partial charge in [-0.3, -0.25) is 4.68 Å². The SMILES string of the molecule is COc1cc2nc(N)n3nc([C@@H]4CCCN(c5cnn([C@@H]6CCC[C@H]6O)c5)C4)nc3c2cc1F. The fourth-order valence-corrected chi connectivity index (χ4v) is 5.30. The van der Waals surface area contributed by atoms with Gasteiger partial charge in [-0.05, 0) is 38.2 Å². The first-order valence-corrected chi connectivity index (χ1v) is 11.7. The van der Waals surface area contributed by atoms with Crippen LogP contribution in [0.25, 0.3) is 16.6 Å². The predicted octanol–water partition coefficient (Wildman–Crippen LogP) is 2.67. The molecule has 6 rings (SSSR count). The number of nitrogen functional groups attached to an aromatic ring is 1. The lowest BCUT2D eigenvalue weighted by molar-refractivity contribution is 0.130. The number of rotatable bonds is 4. The third-order valence-corrected chi connectivity index (χ3v) is 7.11. The molecule has 1 aliphatic carbocycles. The minimum absolute atomic E-state index is 0.0530. The van der Waals surface area contributed by atoms with Gasteiger partial charge in [0.15, 0.2) is 23.0 Å². The number of hydrogen-bond donors (Lipinski definition) is 2. The number of aromatic nitrogens is 6. The molecular formula is C23H27FN8O2. The van der Waals surface area contributed by atoms with Gasteiger partial charge in [-0.1, -0.05) is 0 Å². The van der Waals surface area contributed by atoms with Crippen molar-refractivity contribution >= 4 is 28.2 Å². The summed E-state index contributed by atoms with van der Waals surface area (Å²) in [5.74, 6) is 0.574. The molecule has 0 unspecified atom stereocenters. The van der Waals surface area contributed by atoms with Crippen molar-refractivity contribution in [2.45, 2.75) is 50.2 Å². The number of hydrogen-bond acceptors (Lipinski definition) is 8. The fourth-order valence-electron chi connectivity index (χ4n) is 5.30. The van der Waals surface area contributed by atoms with Gasteiger partial charge >= 0.3 is 0 Å². The van der Waals surface area contributed by atoms with Gasteiger partial charge in [0.1, 0.15) is 0 Å². The van der Waals surface area contributed by atoms with Crippen LogP contribution in [0.15, 0.2) is 24.5 Å². The molecule has 11 heteroatoms. The minimum Gasteiger partial charge on any atom is -0.494 e. The van der Waals surface area contributed by atoms with E-state index in [1.165, 1.54) is 23.8 Å². The Morgan fingerprint density at radius 3 is 2.85 bits per heavy atom. The quantitative estimate of drug-likeness (QED) is 0.471. The lowest BCUT2D eigenvalue weighted by Gasteiger charge is -2.32. The highest BCUT2D eigenvalue weighted by Crippen LogP contribution is 2.34. The predicted molar refractivity (Wildman–Crippen MR) is 125 cm³/mol. The maximum Gasteiger partial charge on any atom is 0.223 e. The zero-order valence-electron chi connectivity index (χ0n) is 18.9. The summed E-state index contributed by atoms with van der Waals surface area (Å²) in [7, 11) is 1.41.